The van der Waals surface area contributed by atoms with E-state index in [4.69, 9.17) is 20.8 Å². The smallest absolute Gasteiger partial charge is 0.254 e. The molecular weight excluding hydrogens is 540 g/mol. The topological polar surface area (TPSA) is 118 Å². The molecule has 2 aromatic heterocycles. The van der Waals surface area contributed by atoms with Crippen LogP contribution in [0.15, 0.2) is 53.1 Å². The van der Waals surface area contributed by atoms with Crippen LogP contribution in [0.3, 0.4) is 0 Å². The molecule has 206 valence electrons. The van der Waals surface area contributed by atoms with Crippen LogP contribution in [-0.2, 0) is 16.3 Å². The first kappa shape index (κ1) is 28.4. The van der Waals surface area contributed by atoms with Gasteiger partial charge < -0.3 is 19.5 Å². The number of aryl methyl sites for hydroxylation is 4. The largest absolute Gasteiger partial charge is 0.494 e. The zero-order valence-electron chi connectivity index (χ0n) is 22.1. The van der Waals surface area contributed by atoms with Gasteiger partial charge in [0.25, 0.3) is 5.91 Å². The molecule has 4 aromatic rings. The second kappa shape index (κ2) is 12.1. The zero-order chi connectivity index (χ0) is 28.2. The zero-order valence-corrected chi connectivity index (χ0v) is 23.7. The summed E-state index contributed by atoms with van der Waals surface area (Å²) in [5.41, 5.74) is 4.04. The number of ketones is 1. The number of para-hydroxylation sites is 1. The lowest BCUT2D eigenvalue weighted by atomic mass is 10.0. The van der Waals surface area contributed by atoms with Gasteiger partial charge in [-0.15, -0.1) is 0 Å². The molecule has 0 saturated heterocycles. The number of carbonyl (C=O) groups excluding carboxylic acids is 2. The maximum atomic E-state index is 13.2. The molecule has 10 heteroatoms. The van der Waals surface area contributed by atoms with E-state index >= 15 is 0 Å². The van der Waals surface area contributed by atoms with Crippen LogP contribution in [0.4, 0.5) is 0 Å². The molecule has 0 atom stereocenters. The number of furan rings is 1. The minimum atomic E-state index is -3.77. The molecule has 0 bridgehead atoms. The van der Waals surface area contributed by atoms with Crippen molar-refractivity contribution in [2.24, 2.45) is 0 Å². The first-order valence-electron chi connectivity index (χ1n) is 12.6. The van der Waals surface area contributed by atoms with E-state index in [0.717, 1.165) is 38.4 Å². The molecule has 8 nitrogen and oxygen atoms in total. The fraction of sp³-hybridized carbons (Fsp3) is 0.310. The van der Waals surface area contributed by atoms with Crippen LogP contribution >= 0.6 is 11.6 Å². The second-order valence-electron chi connectivity index (χ2n) is 9.51. The molecule has 0 spiro atoms. The van der Waals surface area contributed by atoms with Gasteiger partial charge >= 0.3 is 0 Å². The van der Waals surface area contributed by atoms with Crippen LogP contribution in [0.1, 0.15) is 49.7 Å². The van der Waals surface area contributed by atoms with Gasteiger partial charge in [-0.05, 0) is 74.6 Å². The predicted octanol–water partition coefficient (Wildman–Crippen LogP) is 5.38. The number of aromatic nitrogens is 1. The van der Waals surface area contributed by atoms with Crippen molar-refractivity contribution < 1.29 is 27.2 Å². The molecule has 2 N–H and O–H groups in total. The van der Waals surface area contributed by atoms with Crippen LogP contribution in [0.2, 0.25) is 5.02 Å². The lowest BCUT2D eigenvalue weighted by Gasteiger charge is -2.10. The number of carbonyl (C=O) groups is 2. The van der Waals surface area contributed by atoms with E-state index in [-0.39, 0.29) is 18.0 Å². The minimum absolute atomic E-state index is 0.111. The highest BCUT2D eigenvalue weighted by atomic mass is 35.5. The van der Waals surface area contributed by atoms with Crippen molar-refractivity contribution in [2.45, 2.75) is 33.6 Å². The van der Waals surface area contributed by atoms with Crippen LogP contribution in [0, 0.1) is 20.8 Å². The third kappa shape index (κ3) is 6.91. The lowest BCUT2D eigenvalue weighted by Crippen LogP contribution is -2.31. The summed E-state index contributed by atoms with van der Waals surface area (Å²) in [5.74, 6) is -0.779. The van der Waals surface area contributed by atoms with Gasteiger partial charge in [0.15, 0.2) is 15.6 Å². The number of aromatic amines is 1. The molecule has 2 aromatic carbocycles. The summed E-state index contributed by atoms with van der Waals surface area (Å²) in [6.07, 6.45) is 2.54. The van der Waals surface area contributed by atoms with Crippen LogP contribution < -0.4 is 10.1 Å². The van der Waals surface area contributed by atoms with Crippen molar-refractivity contribution >= 4 is 44.0 Å². The van der Waals surface area contributed by atoms with Gasteiger partial charge in [-0.25, -0.2) is 8.42 Å². The molecule has 0 aliphatic rings. The van der Waals surface area contributed by atoms with E-state index in [1.807, 2.05) is 50.2 Å². The number of Topliss-reactive ketones (excluding diaryl/α,β-unsaturated/α-hetero) is 1. The van der Waals surface area contributed by atoms with Gasteiger partial charge in [0.2, 0.25) is 0 Å². The number of benzene rings is 2. The molecule has 1 amide bonds. The number of amides is 1. The normalized spacial score (nSPS) is 11.6. The number of fused-ring (bicyclic) bond motifs is 1. The van der Waals surface area contributed by atoms with E-state index < -0.39 is 27.3 Å². The van der Waals surface area contributed by atoms with E-state index in [0.29, 0.717) is 30.8 Å². The molecule has 0 unspecified atom stereocenters. The Labute approximate surface area is 232 Å². The number of hydrogen-bond acceptors (Lipinski definition) is 6. The summed E-state index contributed by atoms with van der Waals surface area (Å²) in [6.45, 7) is 5.80. The fourth-order valence-electron chi connectivity index (χ4n) is 4.51. The summed E-state index contributed by atoms with van der Waals surface area (Å²) in [5, 5.41) is 4.16. The minimum Gasteiger partial charge on any atom is -0.494 e. The number of nitrogens with one attached hydrogen (secondary N) is 2. The van der Waals surface area contributed by atoms with Gasteiger partial charge in [0.1, 0.15) is 17.3 Å². The van der Waals surface area contributed by atoms with Crippen molar-refractivity contribution in [3.8, 4) is 5.75 Å². The fourth-order valence-corrected chi connectivity index (χ4v) is 5.72. The summed E-state index contributed by atoms with van der Waals surface area (Å²) >= 11 is 6.24. The third-order valence-corrected chi connectivity index (χ3v) is 8.62. The highest BCUT2D eigenvalue weighted by molar-refractivity contribution is 7.92. The molecule has 0 saturated carbocycles. The van der Waals surface area contributed by atoms with E-state index in [9.17, 15) is 18.0 Å². The van der Waals surface area contributed by atoms with Crippen molar-refractivity contribution in [3.63, 3.8) is 0 Å². The van der Waals surface area contributed by atoms with E-state index in [1.54, 1.807) is 6.92 Å². The number of hydrogen-bond donors (Lipinski definition) is 2. The average Bonchev–Trinajstić information content (AvgIpc) is 3.48. The Morgan fingerprint density at radius 3 is 2.49 bits per heavy atom. The van der Waals surface area contributed by atoms with Crippen molar-refractivity contribution in [1.29, 1.82) is 0 Å². The summed E-state index contributed by atoms with van der Waals surface area (Å²) in [6, 6.07) is 12.8. The molecule has 0 aliphatic carbocycles. The van der Waals surface area contributed by atoms with Crippen molar-refractivity contribution in [2.75, 3.05) is 24.7 Å². The van der Waals surface area contributed by atoms with Crippen molar-refractivity contribution in [3.05, 3.63) is 87.5 Å². The Balaban J connectivity index is 1.39. The Bertz CT molecular complexity index is 1600. The first-order valence-corrected chi connectivity index (χ1v) is 14.8. The molecule has 4 rings (SSSR count). The molecule has 39 heavy (non-hydrogen) atoms. The summed E-state index contributed by atoms with van der Waals surface area (Å²) in [4.78, 5) is 28.5. The third-order valence-electron chi connectivity index (χ3n) is 6.50. The number of halogens is 1. The van der Waals surface area contributed by atoms with Crippen molar-refractivity contribution in [1.82, 2.24) is 10.3 Å². The van der Waals surface area contributed by atoms with Gasteiger partial charge in [0.05, 0.1) is 29.9 Å². The molecule has 2 heterocycles. The Morgan fingerprint density at radius 1 is 1.08 bits per heavy atom. The quantitative estimate of drug-likeness (QED) is 0.174. The molecular formula is C29H31ClN2O6S. The molecule has 0 radical (unpaired) electrons. The Kier molecular flexibility index (Phi) is 8.82. The number of H-pyrrole nitrogens is 1. The lowest BCUT2D eigenvalue weighted by molar-refractivity contribution is 0.0954. The highest BCUT2D eigenvalue weighted by Gasteiger charge is 2.23. The summed E-state index contributed by atoms with van der Waals surface area (Å²) < 4.78 is 36.5. The summed E-state index contributed by atoms with van der Waals surface area (Å²) in [7, 11) is -3.77. The Morgan fingerprint density at radius 2 is 1.79 bits per heavy atom. The molecule has 0 fully saturated rings. The van der Waals surface area contributed by atoms with E-state index in [2.05, 4.69) is 10.3 Å². The monoisotopic (exact) mass is 570 g/mol. The van der Waals surface area contributed by atoms with E-state index in [1.165, 1.54) is 12.3 Å². The standard InChI is InChI=1S/C29H31ClN2O6S/c1-18-15-21(16-19(2)27(18)30)38-12-6-8-24-23-7-4-5-9-25(23)32-28(24)26(33)17-39(35,36)14-11-31-29(34)22-10-13-37-20(22)3/h4-5,7,9-10,13,15-16,32H,6,8,11-12,14,17H2,1-3H3,(H,31,34). The second-order valence-corrected chi connectivity index (χ2v) is 12.1. The maximum absolute atomic E-state index is 13.2. The van der Waals surface area contributed by atoms with Crippen LogP contribution in [0.25, 0.3) is 10.9 Å². The molecule has 0 aliphatic heterocycles. The predicted molar refractivity (Wildman–Crippen MR) is 152 cm³/mol. The van der Waals surface area contributed by atoms with Crippen LogP contribution in [0.5, 0.6) is 5.75 Å². The Hall–Kier alpha value is -3.56. The van der Waals surface area contributed by atoms with Gasteiger partial charge in [-0.1, -0.05) is 29.8 Å². The maximum Gasteiger partial charge on any atom is 0.254 e. The van der Waals surface area contributed by atoms with Gasteiger partial charge in [-0.3, -0.25) is 9.59 Å². The van der Waals surface area contributed by atoms with Gasteiger partial charge in [-0.2, -0.15) is 0 Å². The van der Waals surface area contributed by atoms with Gasteiger partial charge in [0, 0.05) is 22.5 Å². The number of sulfone groups is 1. The SMILES string of the molecule is Cc1cc(OCCCc2c(C(=O)CS(=O)(=O)CCNC(=O)c3ccoc3C)[nH]c3ccccc23)cc(C)c1Cl. The number of ether oxygens (including phenoxy) is 1. The highest BCUT2D eigenvalue weighted by Crippen LogP contribution is 2.27. The number of rotatable bonds is 12. The van der Waals surface area contributed by atoms with Crippen LogP contribution in [-0.4, -0.2) is 49.7 Å². The first-order chi connectivity index (χ1) is 18.6. The average molecular weight is 571 g/mol.